The number of halogens is 3. The zero-order valence-corrected chi connectivity index (χ0v) is 12.8. The molecule has 0 aliphatic rings. The van der Waals surface area contributed by atoms with E-state index in [0.717, 1.165) is 19.1 Å². The van der Waals surface area contributed by atoms with Gasteiger partial charge in [-0.3, -0.25) is 4.79 Å². The molecular weight excluding hydrogens is 323 g/mol. The molecule has 24 heavy (non-hydrogen) atoms. The summed E-state index contributed by atoms with van der Waals surface area (Å²) in [6, 6.07) is 4.72. The lowest BCUT2D eigenvalue weighted by Crippen LogP contribution is -2.08. The summed E-state index contributed by atoms with van der Waals surface area (Å²) in [7, 11) is 1.79. The summed E-state index contributed by atoms with van der Waals surface area (Å²) in [6.45, 7) is 1.13. The van der Waals surface area contributed by atoms with E-state index >= 15 is 0 Å². The minimum absolute atomic E-state index is 0.193. The maximum absolute atomic E-state index is 12.9. The predicted molar refractivity (Wildman–Crippen MR) is 80.3 cm³/mol. The number of fused-ring (bicyclic) bond motifs is 1. The Morgan fingerprint density at radius 3 is 2.62 bits per heavy atom. The molecule has 5 nitrogen and oxygen atoms in total. The van der Waals surface area contributed by atoms with Gasteiger partial charge in [-0.2, -0.15) is 13.2 Å². The molecule has 0 aliphatic carbocycles. The first kappa shape index (κ1) is 16.0. The van der Waals surface area contributed by atoms with Gasteiger partial charge >= 0.3 is 12.1 Å². The van der Waals surface area contributed by atoms with Crippen LogP contribution in [-0.4, -0.2) is 20.5 Å². The molecule has 3 aromatic rings. The normalized spacial score (nSPS) is 11.7. The summed E-state index contributed by atoms with van der Waals surface area (Å²) in [5.41, 5.74) is 0.400. The Morgan fingerprint density at radius 1 is 1.21 bits per heavy atom. The third kappa shape index (κ3) is 2.82. The van der Waals surface area contributed by atoms with Gasteiger partial charge in [-0.05, 0) is 24.3 Å². The van der Waals surface area contributed by atoms with Crippen molar-refractivity contribution in [2.45, 2.75) is 13.1 Å². The van der Waals surface area contributed by atoms with E-state index in [-0.39, 0.29) is 11.3 Å². The van der Waals surface area contributed by atoms with Gasteiger partial charge < -0.3 is 9.30 Å². The Hall–Kier alpha value is -2.90. The Morgan fingerprint density at radius 2 is 1.96 bits per heavy atom. The van der Waals surface area contributed by atoms with Crippen molar-refractivity contribution < 1.29 is 22.7 Å². The van der Waals surface area contributed by atoms with Crippen LogP contribution in [0.2, 0.25) is 0 Å². The van der Waals surface area contributed by atoms with E-state index in [4.69, 9.17) is 4.74 Å². The second kappa shape index (κ2) is 5.63. The molecule has 1 aromatic carbocycles. The minimum atomic E-state index is -4.54. The van der Waals surface area contributed by atoms with Crippen LogP contribution in [0.1, 0.15) is 12.5 Å². The van der Waals surface area contributed by atoms with E-state index in [0.29, 0.717) is 16.7 Å². The second-order valence-electron chi connectivity index (χ2n) is 5.19. The summed E-state index contributed by atoms with van der Waals surface area (Å²) in [4.78, 5) is 19.6. The van der Waals surface area contributed by atoms with E-state index in [1.807, 2.05) is 0 Å². The zero-order chi connectivity index (χ0) is 17.5. The fourth-order valence-electron chi connectivity index (χ4n) is 2.43. The summed E-state index contributed by atoms with van der Waals surface area (Å²) in [6.07, 6.45) is -1.47. The van der Waals surface area contributed by atoms with Crippen LogP contribution in [0.25, 0.3) is 22.3 Å². The van der Waals surface area contributed by atoms with Gasteiger partial charge in [0.2, 0.25) is 0 Å². The van der Waals surface area contributed by atoms with E-state index in [1.54, 1.807) is 23.9 Å². The molecule has 3 rings (SSSR count). The standard InChI is InChI=1S/C16H12F3N3O2/c1-9(23)24-13-7-10(16(17,18)19)3-4-11(13)14-12-5-6-22(2)15(12)21-8-20-14/h3-8H,1-2H3. The first-order chi connectivity index (χ1) is 11.3. The molecule has 124 valence electrons. The van der Waals surface area contributed by atoms with Crippen molar-refractivity contribution in [3.63, 3.8) is 0 Å². The number of carbonyl (C=O) groups is 1. The molecule has 0 aliphatic heterocycles. The summed E-state index contributed by atoms with van der Waals surface area (Å²) in [5, 5.41) is 0.646. The number of ether oxygens (including phenoxy) is 1. The highest BCUT2D eigenvalue weighted by atomic mass is 19.4. The van der Waals surface area contributed by atoms with E-state index in [9.17, 15) is 18.0 Å². The van der Waals surface area contributed by atoms with Crippen molar-refractivity contribution >= 4 is 17.0 Å². The molecule has 0 N–H and O–H groups in total. The number of alkyl halides is 3. The van der Waals surface area contributed by atoms with Crippen molar-refractivity contribution in [2.24, 2.45) is 7.05 Å². The van der Waals surface area contributed by atoms with Gasteiger partial charge in [0, 0.05) is 31.1 Å². The number of carbonyl (C=O) groups excluding carboxylic acids is 1. The molecule has 0 saturated heterocycles. The van der Waals surface area contributed by atoms with Gasteiger partial charge in [-0.15, -0.1) is 0 Å². The Bertz CT molecular complexity index is 932. The summed E-state index contributed by atoms with van der Waals surface area (Å²) >= 11 is 0. The third-order valence-electron chi connectivity index (χ3n) is 3.48. The monoisotopic (exact) mass is 335 g/mol. The number of aromatic nitrogens is 3. The maximum Gasteiger partial charge on any atom is 0.416 e. The smallest absolute Gasteiger partial charge is 0.416 e. The fraction of sp³-hybridized carbons (Fsp3) is 0.188. The zero-order valence-electron chi connectivity index (χ0n) is 12.8. The van der Waals surface area contributed by atoms with Crippen LogP contribution in [0.15, 0.2) is 36.8 Å². The molecule has 0 bridgehead atoms. The molecule has 8 heteroatoms. The van der Waals surface area contributed by atoms with Crippen LogP contribution < -0.4 is 4.74 Å². The van der Waals surface area contributed by atoms with E-state index < -0.39 is 17.7 Å². The van der Waals surface area contributed by atoms with Gasteiger partial charge in [-0.25, -0.2) is 9.97 Å². The molecule has 0 saturated carbocycles. The average Bonchev–Trinajstić information content (AvgIpc) is 2.87. The largest absolute Gasteiger partial charge is 0.426 e. The van der Waals surface area contributed by atoms with Crippen molar-refractivity contribution in [3.05, 3.63) is 42.4 Å². The highest BCUT2D eigenvalue weighted by Crippen LogP contribution is 2.38. The highest BCUT2D eigenvalue weighted by Gasteiger charge is 2.32. The number of aryl methyl sites for hydroxylation is 1. The molecule has 2 aromatic heterocycles. The van der Waals surface area contributed by atoms with Gasteiger partial charge in [0.05, 0.1) is 11.3 Å². The lowest BCUT2D eigenvalue weighted by Gasteiger charge is -2.13. The Kier molecular flexibility index (Phi) is 3.75. The van der Waals surface area contributed by atoms with Crippen LogP contribution in [0.5, 0.6) is 5.75 Å². The fourth-order valence-corrected chi connectivity index (χ4v) is 2.43. The third-order valence-corrected chi connectivity index (χ3v) is 3.48. The van der Waals surface area contributed by atoms with Crippen molar-refractivity contribution in [3.8, 4) is 17.0 Å². The number of hydrogen-bond donors (Lipinski definition) is 0. The van der Waals surface area contributed by atoms with Crippen LogP contribution in [0.4, 0.5) is 13.2 Å². The van der Waals surface area contributed by atoms with Crippen molar-refractivity contribution in [1.29, 1.82) is 0 Å². The topological polar surface area (TPSA) is 57.0 Å². The second-order valence-corrected chi connectivity index (χ2v) is 5.19. The number of benzene rings is 1. The summed E-state index contributed by atoms with van der Waals surface area (Å²) < 4.78 is 45.5. The molecule has 0 unspecified atom stereocenters. The van der Waals surface area contributed by atoms with Gasteiger partial charge in [0.25, 0.3) is 0 Å². The summed E-state index contributed by atoms with van der Waals surface area (Å²) in [5.74, 6) is -0.907. The SMILES string of the molecule is CC(=O)Oc1cc(C(F)(F)F)ccc1-c1ncnc2c1ccn2C. The Balaban J connectivity index is 2.24. The molecule has 0 fully saturated rings. The van der Waals surface area contributed by atoms with Crippen LogP contribution in [0.3, 0.4) is 0 Å². The molecule has 0 atom stereocenters. The van der Waals surface area contributed by atoms with Crippen LogP contribution >= 0.6 is 0 Å². The number of esters is 1. The first-order valence-electron chi connectivity index (χ1n) is 6.93. The van der Waals surface area contributed by atoms with Gasteiger partial charge in [-0.1, -0.05) is 0 Å². The van der Waals surface area contributed by atoms with Crippen LogP contribution in [0, 0.1) is 0 Å². The quantitative estimate of drug-likeness (QED) is 0.531. The molecule has 0 spiro atoms. The van der Waals surface area contributed by atoms with E-state index in [1.165, 1.54) is 12.4 Å². The highest BCUT2D eigenvalue weighted by molar-refractivity contribution is 5.93. The van der Waals surface area contributed by atoms with Gasteiger partial charge in [0.15, 0.2) is 0 Å². The number of nitrogens with zero attached hydrogens (tertiary/aromatic N) is 3. The minimum Gasteiger partial charge on any atom is -0.426 e. The lowest BCUT2D eigenvalue weighted by atomic mass is 10.0. The Labute approximate surface area is 134 Å². The van der Waals surface area contributed by atoms with Crippen LogP contribution in [-0.2, 0) is 18.0 Å². The van der Waals surface area contributed by atoms with E-state index in [2.05, 4.69) is 9.97 Å². The molecule has 0 radical (unpaired) electrons. The van der Waals surface area contributed by atoms with Crippen molar-refractivity contribution in [1.82, 2.24) is 14.5 Å². The number of hydrogen-bond acceptors (Lipinski definition) is 4. The number of rotatable bonds is 2. The first-order valence-corrected chi connectivity index (χ1v) is 6.93. The average molecular weight is 335 g/mol. The van der Waals surface area contributed by atoms with Gasteiger partial charge in [0.1, 0.15) is 17.7 Å². The van der Waals surface area contributed by atoms with Crippen molar-refractivity contribution in [2.75, 3.05) is 0 Å². The molecular formula is C16H12F3N3O2. The molecule has 2 heterocycles. The predicted octanol–water partition coefficient (Wildman–Crippen LogP) is 3.58. The lowest BCUT2D eigenvalue weighted by molar-refractivity contribution is -0.138. The maximum atomic E-state index is 12.9. The molecule has 0 amide bonds.